The zero-order valence-corrected chi connectivity index (χ0v) is 12.1. The van der Waals surface area contributed by atoms with E-state index in [1.165, 1.54) is 0 Å². The zero-order chi connectivity index (χ0) is 13.8. The van der Waals surface area contributed by atoms with Crippen LogP contribution >= 0.6 is 0 Å². The highest BCUT2D eigenvalue weighted by Crippen LogP contribution is 2.18. The van der Waals surface area contributed by atoms with Gasteiger partial charge < -0.3 is 10.6 Å². The third kappa shape index (κ3) is 4.40. The molecule has 18 heavy (non-hydrogen) atoms. The van der Waals surface area contributed by atoms with Gasteiger partial charge in [0.15, 0.2) is 0 Å². The first-order valence-corrected chi connectivity index (χ1v) is 6.50. The van der Waals surface area contributed by atoms with Gasteiger partial charge in [-0.3, -0.25) is 4.79 Å². The van der Waals surface area contributed by atoms with Crippen molar-refractivity contribution >= 4 is 11.6 Å². The summed E-state index contributed by atoms with van der Waals surface area (Å²) in [6.07, 6.45) is 1.04. The minimum Gasteiger partial charge on any atom is -0.384 e. The van der Waals surface area contributed by atoms with Crippen LogP contribution in [0, 0.1) is 6.92 Å². The Balaban J connectivity index is 2.96. The first-order valence-electron chi connectivity index (χ1n) is 6.50. The van der Waals surface area contributed by atoms with Crippen molar-refractivity contribution in [2.45, 2.75) is 46.6 Å². The Labute approximate surface area is 110 Å². The summed E-state index contributed by atoms with van der Waals surface area (Å²) in [4.78, 5) is 12.2. The van der Waals surface area contributed by atoms with E-state index in [1.807, 2.05) is 45.9 Å². The monoisotopic (exact) mass is 248 g/mol. The molecule has 0 aliphatic rings. The van der Waals surface area contributed by atoms with Gasteiger partial charge in [-0.1, -0.05) is 13.0 Å². The minimum atomic E-state index is -0.218. The molecule has 1 rings (SSSR count). The normalized spacial score (nSPS) is 11.2. The molecule has 1 aromatic carbocycles. The predicted molar refractivity (Wildman–Crippen MR) is 77.2 cm³/mol. The minimum absolute atomic E-state index is 0.0268. The van der Waals surface area contributed by atoms with Crippen LogP contribution in [0.25, 0.3) is 0 Å². The Bertz CT molecular complexity index is 419. The van der Waals surface area contributed by atoms with Crippen LogP contribution in [0.4, 0.5) is 5.69 Å². The van der Waals surface area contributed by atoms with Crippen molar-refractivity contribution < 1.29 is 4.79 Å². The van der Waals surface area contributed by atoms with Crippen LogP contribution in [-0.4, -0.2) is 18.0 Å². The summed E-state index contributed by atoms with van der Waals surface area (Å²) < 4.78 is 0. The molecule has 2 N–H and O–H groups in total. The maximum absolute atomic E-state index is 12.2. The highest BCUT2D eigenvalue weighted by molar-refractivity contribution is 6.00. The maximum Gasteiger partial charge on any atom is 0.253 e. The molecule has 0 radical (unpaired) electrons. The van der Waals surface area contributed by atoms with Gasteiger partial charge in [-0.05, 0) is 51.8 Å². The molecule has 0 aromatic heterocycles. The molecule has 3 heteroatoms. The van der Waals surface area contributed by atoms with Crippen molar-refractivity contribution in [3.05, 3.63) is 29.3 Å². The summed E-state index contributed by atoms with van der Waals surface area (Å²) in [6, 6.07) is 5.87. The van der Waals surface area contributed by atoms with E-state index in [2.05, 4.69) is 17.6 Å². The number of carbonyl (C=O) groups is 1. The molecule has 0 atom stereocenters. The van der Waals surface area contributed by atoms with Gasteiger partial charge in [-0.25, -0.2) is 0 Å². The van der Waals surface area contributed by atoms with Crippen molar-refractivity contribution in [2.24, 2.45) is 0 Å². The van der Waals surface area contributed by atoms with E-state index in [4.69, 9.17) is 0 Å². The van der Waals surface area contributed by atoms with Gasteiger partial charge in [-0.15, -0.1) is 0 Å². The van der Waals surface area contributed by atoms with Crippen LogP contribution in [0.15, 0.2) is 18.2 Å². The average Bonchev–Trinajstić information content (AvgIpc) is 2.23. The fourth-order valence-electron chi connectivity index (χ4n) is 1.67. The van der Waals surface area contributed by atoms with Crippen LogP contribution in [0.5, 0.6) is 0 Å². The first-order chi connectivity index (χ1) is 8.33. The summed E-state index contributed by atoms with van der Waals surface area (Å²) in [5.74, 6) is -0.0268. The number of hydrogen-bond acceptors (Lipinski definition) is 2. The van der Waals surface area contributed by atoms with Crippen molar-refractivity contribution in [2.75, 3.05) is 11.9 Å². The smallest absolute Gasteiger partial charge is 0.253 e. The average molecular weight is 248 g/mol. The molecule has 0 heterocycles. The Hall–Kier alpha value is -1.51. The number of aryl methyl sites for hydroxylation is 1. The molecule has 0 unspecified atom stereocenters. The van der Waals surface area contributed by atoms with Gasteiger partial charge in [0.25, 0.3) is 5.91 Å². The van der Waals surface area contributed by atoms with E-state index in [-0.39, 0.29) is 11.4 Å². The van der Waals surface area contributed by atoms with E-state index in [1.54, 1.807) is 0 Å². The number of anilines is 1. The summed E-state index contributed by atoms with van der Waals surface area (Å²) in [6.45, 7) is 11.0. The van der Waals surface area contributed by atoms with Gasteiger partial charge in [0.2, 0.25) is 0 Å². The Morgan fingerprint density at radius 3 is 2.50 bits per heavy atom. The number of rotatable bonds is 4. The third-order valence-electron chi connectivity index (χ3n) is 2.47. The van der Waals surface area contributed by atoms with Crippen molar-refractivity contribution in [3.63, 3.8) is 0 Å². The van der Waals surface area contributed by atoms with Crippen LogP contribution in [0.1, 0.15) is 50.0 Å². The molecule has 100 valence electrons. The van der Waals surface area contributed by atoms with E-state index in [9.17, 15) is 4.79 Å². The van der Waals surface area contributed by atoms with Crippen molar-refractivity contribution in [1.29, 1.82) is 0 Å². The quantitative estimate of drug-likeness (QED) is 0.858. The molecule has 0 bridgehead atoms. The van der Waals surface area contributed by atoms with Gasteiger partial charge >= 0.3 is 0 Å². The largest absolute Gasteiger partial charge is 0.384 e. The second-order valence-electron chi connectivity index (χ2n) is 5.68. The lowest BCUT2D eigenvalue weighted by atomic mass is 10.1. The second kappa shape index (κ2) is 5.89. The lowest BCUT2D eigenvalue weighted by Crippen LogP contribution is -2.40. The third-order valence-corrected chi connectivity index (χ3v) is 2.47. The fraction of sp³-hybridized carbons (Fsp3) is 0.533. The van der Waals surface area contributed by atoms with Crippen LogP contribution < -0.4 is 10.6 Å². The van der Waals surface area contributed by atoms with Crippen molar-refractivity contribution in [3.8, 4) is 0 Å². The van der Waals surface area contributed by atoms with E-state index >= 15 is 0 Å². The highest BCUT2D eigenvalue weighted by Gasteiger charge is 2.17. The number of benzene rings is 1. The number of amides is 1. The summed E-state index contributed by atoms with van der Waals surface area (Å²) in [5.41, 5.74) is 2.56. The van der Waals surface area contributed by atoms with E-state index in [0.29, 0.717) is 5.56 Å². The van der Waals surface area contributed by atoms with Crippen LogP contribution in [0.3, 0.4) is 0 Å². The highest BCUT2D eigenvalue weighted by atomic mass is 16.1. The number of hydrogen-bond donors (Lipinski definition) is 2. The summed E-state index contributed by atoms with van der Waals surface area (Å²) >= 11 is 0. The first kappa shape index (κ1) is 14.6. The molecule has 0 aliphatic heterocycles. The van der Waals surface area contributed by atoms with Crippen molar-refractivity contribution in [1.82, 2.24) is 5.32 Å². The summed E-state index contributed by atoms with van der Waals surface area (Å²) in [5, 5.41) is 6.30. The molecule has 0 saturated carbocycles. The molecule has 3 nitrogen and oxygen atoms in total. The number of nitrogens with one attached hydrogen (secondary N) is 2. The maximum atomic E-state index is 12.2. The van der Waals surface area contributed by atoms with Gasteiger partial charge in [0, 0.05) is 17.8 Å². The van der Waals surface area contributed by atoms with Gasteiger partial charge in [-0.2, -0.15) is 0 Å². The molecule has 0 fully saturated rings. The molecule has 1 aromatic rings. The lowest BCUT2D eigenvalue weighted by Gasteiger charge is -2.22. The predicted octanol–water partition coefficient (Wildman–Crippen LogP) is 3.35. The van der Waals surface area contributed by atoms with E-state index in [0.717, 1.165) is 24.2 Å². The summed E-state index contributed by atoms with van der Waals surface area (Å²) in [7, 11) is 0. The SMILES string of the molecule is CCCNc1cc(C)ccc1C(=O)NC(C)(C)C. The molecule has 0 saturated heterocycles. The Kier molecular flexibility index (Phi) is 4.76. The Morgan fingerprint density at radius 2 is 1.94 bits per heavy atom. The van der Waals surface area contributed by atoms with Crippen LogP contribution in [0.2, 0.25) is 0 Å². The molecule has 0 aliphatic carbocycles. The van der Waals surface area contributed by atoms with Gasteiger partial charge in [0.1, 0.15) is 0 Å². The standard InChI is InChI=1S/C15H24N2O/c1-6-9-16-13-10-11(2)7-8-12(13)14(18)17-15(3,4)5/h7-8,10,16H,6,9H2,1-5H3,(H,17,18). The molecular formula is C15H24N2O. The van der Waals surface area contributed by atoms with Crippen LogP contribution in [-0.2, 0) is 0 Å². The molecule has 1 amide bonds. The van der Waals surface area contributed by atoms with Gasteiger partial charge in [0.05, 0.1) is 5.56 Å². The molecular weight excluding hydrogens is 224 g/mol. The zero-order valence-electron chi connectivity index (χ0n) is 12.1. The second-order valence-corrected chi connectivity index (χ2v) is 5.68. The molecule has 0 spiro atoms. The van der Waals surface area contributed by atoms with E-state index < -0.39 is 0 Å². The lowest BCUT2D eigenvalue weighted by molar-refractivity contribution is 0.0920. The number of carbonyl (C=O) groups excluding carboxylic acids is 1. The topological polar surface area (TPSA) is 41.1 Å². The fourth-order valence-corrected chi connectivity index (χ4v) is 1.67. The Morgan fingerprint density at radius 1 is 1.28 bits per heavy atom.